The number of aliphatic hydroxyl groups is 1. The van der Waals surface area contributed by atoms with Gasteiger partial charge in [-0.1, -0.05) is 0 Å². The largest absolute Gasteiger partial charge is 0.394 e. The van der Waals surface area contributed by atoms with Crippen molar-refractivity contribution in [3.63, 3.8) is 0 Å². The Hall–Kier alpha value is -0.190. The van der Waals surface area contributed by atoms with Crippen LogP contribution in [0.2, 0.25) is 0 Å². The van der Waals surface area contributed by atoms with Crippen molar-refractivity contribution in [3.8, 4) is 0 Å². The molecule has 12 nitrogen and oxygen atoms in total. The highest BCUT2D eigenvalue weighted by atomic mass is 35.5. The monoisotopic (exact) mass is 564 g/mol. The molecule has 0 unspecified atom stereocenters. The number of hydrogen-bond donors (Lipinski definition) is 1. The molecule has 0 aromatic carbocycles. The molecule has 0 bridgehead atoms. The van der Waals surface area contributed by atoms with Gasteiger partial charge in [0.2, 0.25) is 0 Å². The predicted octanol–water partition coefficient (Wildman–Crippen LogP) is 0.400. The lowest BCUT2D eigenvalue weighted by Gasteiger charge is -2.09. The summed E-state index contributed by atoms with van der Waals surface area (Å²) >= 11 is 5.50. The first-order valence-corrected chi connectivity index (χ1v) is 13.5. The maximum absolute atomic E-state index is 8.56. The fourth-order valence-corrected chi connectivity index (χ4v) is 2.53. The highest BCUT2D eigenvalue weighted by Crippen LogP contribution is 1.87. The van der Waals surface area contributed by atoms with Crippen LogP contribution in [0.25, 0.3) is 0 Å². The lowest BCUT2D eigenvalue weighted by molar-refractivity contribution is -0.0277. The molecule has 0 amide bonds. The third-order valence-corrected chi connectivity index (χ3v) is 4.33. The van der Waals surface area contributed by atoms with Crippen LogP contribution in [-0.2, 0) is 52.1 Å². The SMILES string of the molecule is OCCOCCOCCOCCOCCOCCOCCOCCOCCOCCOCCOCCCl. The zero-order valence-corrected chi connectivity index (χ0v) is 23.0. The summed E-state index contributed by atoms with van der Waals surface area (Å²) in [6.45, 7) is 11.2. The summed E-state index contributed by atoms with van der Waals surface area (Å²) in [4.78, 5) is 0. The molecule has 1 N–H and O–H groups in total. The normalized spacial score (nSPS) is 11.5. The molecule has 37 heavy (non-hydrogen) atoms. The van der Waals surface area contributed by atoms with Crippen LogP contribution in [0, 0.1) is 0 Å². The van der Waals surface area contributed by atoms with Gasteiger partial charge < -0.3 is 57.2 Å². The Balaban J connectivity index is 3.00. The van der Waals surface area contributed by atoms with Crippen LogP contribution < -0.4 is 0 Å². The molecule has 0 aromatic heterocycles. The number of hydrogen-bond acceptors (Lipinski definition) is 12. The van der Waals surface area contributed by atoms with Crippen LogP contribution in [0.3, 0.4) is 0 Å². The standard InChI is InChI=1S/C24H49ClO12/c25-1-3-27-5-7-29-9-11-31-13-15-33-17-19-35-21-23-37-24-22-36-20-18-34-16-14-32-12-10-30-8-6-28-4-2-26/h26H,1-24H2. The minimum Gasteiger partial charge on any atom is -0.394 e. The van der Waals surface area contributed by atoms with E-state index in [1.54, 1.807) is 0 Å². The topological polar surface area (TPSA) is 122 Å². The van der Waals surface area contributed by atoms with Crippen molar-refractivity contribution in [1.82, 2.24) is 0 Å². The van der Waals surface area contributed by atoms with E-state index < -0.39 is 0 Å². The van der Waals surface area contributed by atoms with Crippen molar-refractivity contribution in [3.05, 3.63) is 0 Å². The van der Waals surface area contributed by atoms with Gasteiger partial charge in [-0.25, -0.2) is 0 Å². The molecule has 0 heterocycles. The van der Waals surface area contributed by atoms with Gasteiger partial charge in [0.15, 0.2) is 0 Å². The molecule has 0 aliphatic rings. The summed E-state index contributed by atoms with van der Waals surface area (Å²) in [5.41, 5.74) is 0. The van der Waals surface area contributed by atoms with E-state index in [-0.39, 0.29) is 6.61 Å². The van der Waals surface area contributed by atoms with Gasteiger partial charge in [-0.3, -0.25) is 0 Å². The first-order chi connectivity index (χ1) is 18.4. The van der Waals surface area contributed by atoms with Gasteiger partial charge >= 0.3 is 0 Å². The molecule has 0 atom stereocenters. The number of aliphatic hydroxyl groups excluding tert-OH is 1. The van der Waals surface area contributed by atoms with Crippen molar-refractivity contribution in [1.29, 1.82) is 0 Å². The maximum Gasteiger partial charge on any atom is 0.0701 e. The Bertz CT molecular complexity index is 365. The molecule has 0 radical (unpaired) electrons. The van der Waals surface area contributed by atoms with Crippen molar-refractivity contribution in [2.24, 2.45) is 0 Å². The van der Waals surface area contributed by atoms with Crippen LogP contribution in [0.5, 0.6) is 0 Å². The van der Waals surface area contributed by atoms with Gasteiger partial charge in [-0.2, -0.15) is 0 Å². The number of alkyl halides is 1. The molecular formula is C24H49ClO12. The quantitative estimate of drug-likeness (QED) is 0.0859. The number of halogens is 1. The van der Waals surface area contributed by atoms with Crippen LogP contribution in [0.15, 0.2) is 0 Å². The fourth-order valence-electron chi connectivity index (χ4n) is 2.42. The van der Waals surface area contributed by atoms with E-state index in [9.17, 15) is 0 Å². The van der Waals surface area contributed by atoms with E-state index in [4.69, 9.17) is 68.8 Å². The molecule has 0 aromatic rings. The summed E-state index contributed by atoms with van der Waals surface area (Å²) in [7, 11) is 0. The van der Waals surface area contributed by atoms with E-state index >= 15 is 0 Å². The first-order valence-electron chi connectivity index (χ1n) is 12.9. The second-order valence-electron chi connectivity index (χ2n) is 7.15. The summed E-state index contributed by atoms with van der Waals surface area (Å²) in [6.07, 6.45) is 0. The van der Waals surface area contributed by atoms with E-state index in [0.29, 0.717) is 151 Å². The minimum absolute atomic E-state index is 0.0268. The summed E-state index contributed by atoms with van der Waals surface area (Å²) in [5, 5.41) is 8.56. The van der Waals surface area contributed by atoms with Crippen molar-refractivity contribution in [2.75, 3.05) is 158 Å². The Morgan fingerprint density at radius 3 is 0.595 bits per heavy atom. The molecule has 13 heteroatoms. The summed E-state index contributed by atoms with van der Waals surface area (Å²) < 4.78 is 58.9. The van der Waals surface area contributed by atoms with Crippen LogP contribution in [0.4, 0.5) is 0 Å². The average Bonchev–Trinajstić information content (AvgIpc) is 2.91. The van der Waals surface area contributed by atoms with Crippen LogP contribution in [-0.4, -0.2) is 163 Å². The average molecular weight is 565 g/mol. The van der Waals surface area contributed by atoms with Crippen molar-refractivity contribution in [2.45, 2.75) is 0 Å². The third-order valence-electron chi connectivity index (χ3n) is 4.18. The highest BCUT2D eigenvalue weighted by Gasteiger charge is 1.96. The molecule has 0 saturated carbocycles. The van der Waals surface area contributed by atoms with Gasteiger partial charge in [0.05, 0.1) is 152 Å². The van der Waals surface area contributed by atoms with E-state index in [1.807, 2.05) is 0 Å². The number of rotatable bonds is 34. The minimum atomic E-state index is 0.0268. The molecule has 0 fully saturated rings. The van der Waals surface area contributed by atoms with Gasteiger partial charge in [0.25, 0.3) is 0 Å². The highest BCUT2D eigenvalue weighted by molar-refractivity contribution is 6.17. The fraction of sp³-hybridized carbons (Fsp3) is 1.00. The Kier molecular flexibility index (Phi) is 35.6. The number of ether oxygens (including phenoxy) is 11. The second-order valence-corrected chi connectivity index (χ2v) is 7.53. The van der Waals surface area contributed by atoms with Gasteiger partial charge in [0, 0.05) is 5.88 Å². The second kappa shape index (κ2) is 35.8. The van der Waals surface area contributed by atoms with E-state index in [2.05, 4.69) is 0 Å². The van der Waals surface area contributed by atoms with Gasteiger partial charge in [0.1, 0.15) is 0 Å². The zero-order chi connectivity index (χ0) is 26.7. The van der Waals surface area contributed by atoms with Gasteiger partial charge in [-0.05, 0) is 0 Å². The van der Waals surface area contributed by atoms with Crippen LogP contribution in [0.1, 0.15) is 0 Å². The summed E-state index contributed by atoms with van der Waals surface area (Å²) in [5.74, 6) is 0.498. The molecule has 0 rings (SSSR count). The molecule has 0 spiro atoms. The van der Waals surface area contributed by atoms with E-state index in [0.717, 1.165) is 0 Å². The zero-order valence-electron chi connectivity index (χ0n) is 22.3. The van der Waals surface area contributed by atoms with Crippen LogP contribution >= 0.6 is 11.6 Å². The summed E-state index contributed by atoms with van der Waals surface area (Å²) in [6, 6.07) is 0. The van der Waals surface area contributed by atoms with E-state index in [1.165, 1.54) is 0 Å². The lowest BCUT2D eigenvalue weighted by atomic mass is 10.6. The Morgan fingerprint density at radius 2 is 0.432 bits per heavy atom. The third kappa shape index (κ3) is 35.8. The molecule has 0 saturated heterocycles. The van der Waals surface area contributed by atoms with Crippen molar-refractivity contribution < 1.29 is 57.2 Å². The first kappa shape index (κ1) is 36.8. The molecular weight excluding hydrogens is 516 g/mol. The molecule has 0 aliphatic heterocycles. The van der Waals surface area contributed by atoms with Crippen molar-refractivity contribution >= 4 is 11.6 Å². The Labute approximate surface area is 226 Å². The maximum atomic E-state index is 8.56. The lowest BCUT2D eigenvalue weighted by Crippen LogP contribution is -2.15. The van der Waals surface area contributed by atoms with Gasteiger partial charge in [-0.15, -0.1) is 11.6 Å². The molecule has 224 valence electrons. The smallest absolute Gasteiger partial charge is 0.0701 e. The Morgan fingerprint density at radius 1 is 0.270 bits per heavy atom. The molecule has 0 aliphatic carbocycles. The predicted molar refractivity (Wildman–Crippen MR) is 137 cm³/mol.